The first kappa shape index (κ1) is 10.9. The van der Waals surface area contributed by atoms with E-state index in [0.29, 0.717) is 0 Å². The molecule has 12 heavy (non-hydrogen) atoms. The Morgan fingerprint density at radius 3 is 1.58 bits per heavy atom. The monoisotopic (exact) mass is 181 g/mol. The minimum Gasteiger partial charge on any atom is -0.418 e. The van der Waals surface area contributed by atoms with Gasteiger partial charge in [-0.3, -0.25) is 0 Å². The summed E-state index contributed by atoms with van der Waals surface area (Å²) in [5.41, 5.74) is 1.29. The Bertz CT molecular complexity index is 205. The third-order valence-corrected chi connectivity index (χ3v) is 0.885. The molecule has 0 radical (unpaired) electrons. The lowest BCUT2D eigenvalue weighted by Gasteiger charge is -1.94. The molecule has 1 aromatic rings. The first-order valence-electron chi connectivity index (χ1n) is 3.19. The second-order valence-electron chi connectivity index (χ2n) is 2.07. The molecule has 1 aromatic heterocycles. The van der Waals surface area contributed by atoms with E-state index < -0.39 is 7.25 Å². The van der Waals surface area contributed by atoms with Crippen molar-refractivity contribution in [3.63, 3.8) is 0 Å². The summed E-state index contributed by atoms with van der Waals surface area (Å²) in [7, 11) is -6.00. The maximum atomic E-state index is 9.75. The van der Waals surface area contributed by atoms with Gasteiger partial charge in [0, 0.05) is 12.1 Å². The molecule has 0 saturated carbocycles. The van der Waals surface area contributed by atoms with Gasteiger partial charge in [0.05, 0.1) is 0 Å². The Kier molecular flexibility index (Phi) is 4.32. The van der Waals surface area contributed by atoms with E-state index in [1.165, 1.54) is 5.56 Å². The molecule has 0 atom stereocenters. The fraction of sp³-hybridized carbons (Fsp3) is 0.167. The number of aromatic nitrogens is 1. The van der Waals surface area contributed by atoms with E-state index in [4.69, 9.17) is 0 Å². The standard InChI is InChI=1S/C6H7N.BF4/c1-6-2-4-7-5-3-6;2-1(3,4)5/h2-5H,1H3;/q;-1/p+1. The fourth-order valence-corrected chi connectivity index (χ4v) is 0.470. The van der Waals surface area contributed by atoms with Crippen LogP contribution in [0.25, 0.3) is 0 Å². The van der Waals surface area contributed by atoms with Gasteiger partial charge in [-0.15, -0.1) is 0 Å². The average Bonchev–Trinajstić information content (AvgIpc) is 1.85. The predicted molar refractivity (Wildman–Crippen MR) is 37.9 cm³/mol. The zero-order valence-electron chi connectivity index (χ0n) is 6.40. The first-order valence-corrected chi connectivity index (χ1v) is 3.19. The van der Waals surface area contributed by atoms with Crippen LogP contribution in [0.15, 0.2) is 24.5 Å². The number of aryl methyl sites for hydroxylation is 1. The Morgan fingerprint density at radius 2 is 1.42 bits per heavy atom. The van der Waals surface area contributed by atoms with Gasteiger partial charge in [-0.1, -0.05) is 0 Å². The van der Waals surface area contributed by atoms with Crippen LogP contribution in [0.5, 0.6) is 0 Å². The quantitative estimate of drug-likeness (QED) is 0.429. The molecule has 0 aromatic carbocycles. The molecule has 1 rings (SSSR count). The second-order valence-corrected chi connectivity index (χ2v) is 2.07. The minimum absolute atomic E-state index is 1.29. The van der Waals surface area contributed by atoms with E-state index in [9.17, 15) is 17.3 Å². The maximum absolute atomic E-state index is 9.75. The molecular formula is C6H8BF4N. The third kappa shape index (κ3) is 11.7. The molecule has 0 fully saturated rings. The summed E-state index contributed by atoms with van der Waals surface area (Å²) in [5.74, 6) is 0. The molecule has 68 valence electrons. The Balaban J connectivity index is 0.000000217. The van der Waals surface area contributed by atoms with Crippen molar-refractivity contribution in [2.75, 3.05) is 0 Å². The van der Waals surface area contributed by atoms with Crippen LogP contribution in [0.2, 0.25) is 0 Å². The van der Waals surface area contributed by atoms with Gasteiger partial charge in [0.1, 0.15) is 0 Å². The number of nitrogens with one attached hydrogen (secondary N) is 1. The highest BCUT2D eigenvalue weighted by molar-refractivity contribution is 6.50. The second kappa shape index (κ2) is 4.74. The van der Waals surface area contributed by atoms with Crippen LogP contribution in [-0.4, -0.2) is 7.25 Å². The van der Waals surface area contributed by atoms with Crippen LogP contribution in [0.4, 0.5) is 17.3 Å². The van der Waals surface area contributed by atoms with Crippen LogP contribution in [0.1, 0.15) is 5.56 Å². The number of H-pyrrole nitrogens is 1. The highest BCUT2D eigenvalue weighted by Crippen LogP contribution is 2.06. The molecule has 6 heteroatoms. The number of aromatic amines is 1. The van der Waals surface area contributed by atoms with Crippen LogP contribution in [-0.2, 0) is 0 Å². The average molecular weight is 181 g/mol. The SMILES string of the molecule is Cc1cc[nH+]cc1.F[B-](F)(F)F. The van der Waals surface area contributed by atoms with E-state index in [0.717, 1.165) is 0 Å². The van der Waals surface area contributed by atoms with E-state index in [-0.39, 0.29) is 0 Å². The van der Waals surface area contributed by atoms with Crippen molar-refractivity contribution in [2.24, 2.45) is 0 Å². The summed E-state index contributed by atoms with van der Waals surface area (Å²) in [6.07, 6.45) is 3.82. The minimum atomic E-state index is -6.00. The smallest absolute Gasteiger partial charge is 0.418 e. The van der Waals surface area contributed by atoms with Gasteiger partial charge in [-0.25, -0.2) is 4.98 Å². The van der Waals surface area contributed by atoms with Crippen molar-refractivity contribution in [1.82, 2.24) is 0 Å². The molecule has 1 heterocycles. The number of pyridine rings is 1. The van der Waals surface area contributed by atoms with Gasteiger partial charge < -0.3 is 17.3 Å². The van der Waals surface area contributed by atoms with Gasteiger partial charge in [-0.05, 0) is 12.5 Å². The van der Waals surface area contributed by atoms with Crippen molar-refractivity contribution in [3.05, 3.63) is 30.1 Å². The van der Waals surface area contributed by atoms with Gasteiger partial charge in [-0.2, -0.15) is 0 Å². The van der Waals surface area contributed by atoms with Gasteiger partial charge in [0.2, 0.25) is 0 Å². The molecule has 0 aliphatic carbocycles. The molecule has 0 saturated heterocycles. The Hall–Kier alpha value is -1.07. The van der Waals surface area contributed by atoms with Crippen LogP contribution in [0, 0.1) is 6.92 Å². The lowest BCUT2D eigenvalue weighted by atomic mass is 10.3. The molecular weight excluding hydrogens is 173 g/mol. The van der Waals surface area contributed by atoms with Gasteiger partial charge in [0.15, 0.2) is 12.4 Å². The fourth-order valence-electron chi connectivity index (χ4n) is 0.470. The molecule has 1 nitrogen and oxygen atoms in total. The molecule has 0 unspecified atom stereocenters. The van der Waals surface area contributed by atoms with Crippen molar-refractivity contribution in [1.29, 1.82) is 0 Å². The maximum Gasteiger partial charge on any atom is 0.673 e. The van der Waals surface area contributed by atoms with Crippen molar-refractivity contribution in [2.45, 2.75) is 6.92 Å². The number of hydrogen-bond acceptors (Lipinski definition) is 0. The molecule has 0 amide bonds. The summed E-state index contributed by atoms with van der Waals surface area (Å²) < 4.78 is 39.0. The van der Waals surface area contributed by atoms with E-state index in [1.807, 2.05) is 24.5 Å². The summed E-state index contributed by atoms with van der Waals surface area (Å²) in [6.45, 7) is 2.06. The van der Waals surface area contributed by atoms with Gasteiger partial charge >= 0.3 is 7.25 Å². The normalized spacial score (nSPS) is 10.1. The van der Waals surface area contributed by atoms with Crippen LogP contribution in [0.3, 0.4) is 0 Å². The van der Waals surface area contributed by atoms with Crippen LogP contribution >= 0.6 is 0 Å². The summed E-state index contributed by atoms with van der Waals surface area (Å²) in [6, 6.07) is 4.06. The van der Waals surface area contributed by atoms with Crippen molar-refractivity contribution in [3.8, 4) is 0 Å². The lowest BCUT2D eigenvalue weighted by Crippen LogP contribution is -2.02. The third-order valence-electron chi connectivity index (χ3n) is 0.885. The zero-order valence-corrected chi connectivity index (χ0v) is 6.40. The Labute approximate surface area is 67.5 Å². The molecule has 0 bridgehead atoms. The highest BCUT2D eigenvalue weighted by Gasteiger charge is 2.20. The molecule has 0 aliphatic heterocycles. The summed E-state index contributed by atoms with van der Waals surface area (Å²) in [4.78, 5) is 2.93. The topological polar surface area (TPSA) is 14.1 Å². The van der Waals surface area contributed by atoms with Gasteiger partial charge in [0.25, 0.3) is 0 Å². The summed E-state index contributed by atoms with van der Waals surface area (Å²) >= 11 is 0. The molecule has 0 aliphatic rings. The molecule has 1 N–H and O–H groups in total. The predicted octanol–water partition coefficient (Wildman–Crippen LogP) is 2.11. The van der Waals surface area contributed by atoms with Crippen molar-refractivity contribution < 1.29 is 22.2 Å². The van der Waals surface area contributed by atoms with E-state index in [1.54, 1.807) is 0 Å². The largest absolute Gasteiger partial charge is 0.673 e. The highest BCUT2D eigenvalue weighted by atomic mass is 19.5. The number of hydrogen-bond donors (Lipinski definition) is 0. The number of rotatable bonds is 0. The van der Waals surface area contributed by atoms with Crippen molar-refractivity contribution >= 4 is 7.25 Å². The van der Waals surface area contributed by atoms with Crippen LogP contribution < -0.4 is 4.98 Å². The molecule has 0 spiro atoms. The number of halogens is 4. The summed E-state index contributed by atoms with van der Waals surface area (Å²) in [5, 5.41) is 0. The Morgan fingerprint density at radius 1 is 1.08 bits per heavy atom. The lowest BCUT2D eigenvalue weighted by molar-refractivity contribution is -0.378. The first-order chi connectivity index (χ1) is 5.39. The van der Waals surface area contributed by atoms with E-state index in [2.05, 4.69) is 11.9 Å². The zero-order chi connectivity index (χ0) is 9.61. The van der Waals surface area contributed by atoms with E-state index >= 15 is 0 Å².